The maximum absolute atomic E-state index is 13.5. The number of hydrogen-bond donors (Lipinski definition) is 1. The maximum atomic E-state index is 13.5. The summed E-state index contributed by atoms with van der Waals surface area (Å²) >= 11 is 6.06. The SMILES string of the molecule is Cc1ccc(S(=O)(=O)N(CC(=O)N/N=C\c2ccc(C(C)C)cc2)c2ccc(Cl)cc2C)cc1. The van der Waals surface area contributed by atoms with Gasteiger partial charge < -0.3 is 0 Å². The summed E-state index contributed by atoms with van der Waals surface area (Å²) in [5.74, 6) is -0.149. The van der Waals surface area contributed by atoms with E-state index in [1.807, 2.05) is 31.2 Å². The Labute approximate surface area is 206 Å². The molecule has 0 saturated heterocycles. The van der Waals surface area contributed by atoms with E-state index < -0.39 is 22.5 Å². The van der Waals surface area contributed by atoms with Gasteiger partial charge in [-0.1, -0.05) is 67.4 Å². The Kier molecular flexibility index (Phi) is 8.12. The Hall–Kier alpha value is -3.16. The van der Waals surface area contributed by atoms with Crippen LogP contribution in [0.5, 0.6) is 0 Å². The maximum Gasteiger partial charge on any atom is 0.264 e. The highest BCUT2D eigenvalue weighted by Crippen LogP contribution is 2.29. The molecular formula is C26H28ClN3O3S. The number of amides is 1. The van der Waals surface area contributed by atoms with Crippen molar-refractivity contribution < 1.29 is 13.2 Å². The molecule has 0 aromatic heterocycles. The zero-order chi connectivity index (χ0) is 24.9. The molecule has 1 amide bonds. The number of hydrogen-bond acceptors (Lipinski definition) is 4. The lowest BCUT2D eigenvalue weighted by Gasteiger charge is -2.25. The average molecular weight is 498 g/mol. The van der Waals surface area contributed by atoms with Crippen LogP contribution in [0.1, 0.15) is 42.0 Å². The molecule has 0 aliphatic rings. The number of benzene rings is 3. The highest BCUT2D eigenvalue weighted by Gasteiger charge is 2.28. The predicted octanol–water partition coefficient (Wildman–Crippen LogP) is 5.43. The van der Waals surface area contributed by atoms with Crippen molar-refractivity contribution in [2.75, 3.05) is 10.8 Å². The van der Waals surface area contributed by atoms with Crippen LogP contribution >= 0.6 is 11.6 Å². The first kappa shape index (κ1) is 25.5. The van der Waals surface area contributed by atoms with Crippen LogP contribution in [-0.4, -0.2) is 27.1 Å². The van der Waals surface area contributed by atoms with E-state index in [-0.39, 0.29) is 4.90 Å². The second kappa shape index (κ2) is 10.8. The van der Waals surface area contributed by atoms with Gasteiger partial charge in [0, 0.05) is 5.02 Å². The Morgan fingerprint density at radius 1 is 1.03 bits per heavy atom. The number of carbonyl (C=O) groups excluding carboxylic acids is 1. The first-order valence-corrected chi connectivity index (χ1v) is 12.7. The van der Waals surface area contributed by atoms with Crippen LogP contribution in [0.15, 0.2) is 76.7 Å². The van der Waals surface area contributed by atoms with E-state index in [2.05, 4.69) is 24.4 Å². The molecule has 8 heteroatoms. The summed E-state index contributed by atoms with van der Waals surface area (Å²) in [6.07, 6.45) is 1.52. The van der Waals surface area contributed by atoms with Crippen LogP contribution in [0.3, 0.4) is 0 Å². The molecule has 3 aromatic carbocycles. The van der Waals surface area contributed by atoms with E-state index in [0.29, 0.717) is 22.2 Å². The van der Waals surface area contributed by atoms with E-state index in [1.165, 1.54) is 23.9 Å². The zero-order valence-corrected chi connectivity index (χ0v) is 21.2. The highest BCUT2D eigenvalue weighted by atomic mass is 35.5. The van der Waals surface area contributed by atoms with Crippen molar-refractivity contribution in [3.8, 4) is 0 Å². The third kappa shape index (κ3) is 6.24. The zero-order valence-electron chi connectivity index (χ0n) is 19.6. The summed E-state index contributed by atoms with van der Waals surface area (Å²) in [7, 11) is -4.01. The van der Waals surface area contributed by atoms with Crippen molar-refractivity contribution in [1.29, 1.82) is 0 Å². The number of hydrazone groups is 1. The number of nitrogens with zero attached hydrogens (tertiary/aromatic N) is 2. The molecule has 0 radical (unpaired) electrons. The number of rotatable bonds is 8. The topological polar surface area (TPSA) is 78.8 Å². The van der Waals surface area contributed by atoms with Gasteiger partial charge in [0.25, 0.3) is 15.9 Å². The minimum atomic E-state index is -4.01. The number of sulfonamides is 1. The van der Waals surface area contributed by atoms with Crippen LogP contribution in [0.25, 0.3) is 0 Å². The van der Waals surface area contributed by atoms with Crippen molar-refractivity contribution in [2.24, 2.45) is 5.10 Å². The van der Waals surface area contributed by atoms with E-state index >= 15 is 0 Å². The third-order valence-corrected chi connectivity index (χ3v) is 7.34. The van der Waals surface area contributed by atoms with Crippen molar-refractivity contribution >= 4 is 39.4 Å². The lowest BCUT2D eigenvalue weighted by Crippen LogP contribution is -2.40. The Morgan fingerprint density at radius 3 is 2.26 bits per heavy atom. The summed E-state index contributed by atoms with van der Waals surface area (Å²) in [5, 5.41) is 4.48. The average Bonchev–Trinajstić information content (AvgIpc) is 2.78. The molecule has 0 fully saturated rings. The van der Waals surface area contributed by atoms with Crippen LogP contribution in [0, 0.1) is 13.8 Å². The molecular weight excluding hydrogens is 470 g/mol. The van der Waals surface area contributed by atoms with Gasteiger partial charge in [0.15, 0.2) is 0 Å². The number of carbonyl (C=O) groups is 1. The van der Waals surface area contributed by atoms with Crippen molar-refractivity contribution in [3.63, 3.8) is 0 Å². The third-order valence-electron chi connectivity index (χ3n) is 5.33. The quantitative estimate of drug-likeness (QED) is 0.333. The van der Waals surface area contributed by atoms with Gasteiger partial charge in [-0.15, -0.1) is 0 Å². The first-order chi connectivity index (χ1) is 16.1. The molecule has 0 atom stereocenters. The van der Waals surface area contributed by atoms with Crippen LogP contribution in [0.4, 0.5) is 5.69 Å². The van der Waals surface area contributed by atoms with Gasteiger partial charge in [-0.3, -0.25) is 9.10 Å². The molecule has 0 aliphatic heterocycles. The second-order valence-corrected chi connectivity index (χ2v) is 10.7. The van der Waals surface area contributed by atoms with Crippen LogP contribution in [0.2, 0.25) is 5.02 Å². The first-order valence-electron chi connectivity index (χ1n) is 10.9. The summed E-state index contributed by atoms with van der Waals surface area (Å²) < 4.78 is 28.0. The summed E-state index contributed by atoms with van der Waals surface area (Å²) in [4.78, 5) is 12.8. The number of aryl methyl sites for hydroxylation is 2. The molecule has 0 spiro atoms. The lowest BCUT2D eigenvalue weighted by molar-refractivity contribution is -0.119. The number of nitrogens with one attached hydrogen (secondary N) is 1. The number of halogens is 1. The molecule has 1 N–H and O–H groups in total. The fraction of sp³-hybridized carbons (Fsp3) is 0.231. The van der Waals surface area contributed by atoms with E-state index in [0.717, 1.165) is 15.4 Å². The smallest absolute Gasteiger partial charge is 0.264 e. The van der Waals surface area contributed by atoms with Gasteiger partial charge in [0.05, 0.1) is 16.8 Å². The predicted molar refractivity (Wildman–Crippen MR) is 138 cm³/mol. The van der Waals surface area contributed by atoms with Gasteiger partial charge in [-0.25, -0.2) is 13.8 Å². The van der Waals surface area contributed by atoms with Gasteiger partial charge in [0.1, 0.15) is 6.54 Å². The van der Waals surface area contributed by atoms with E-state index in [9.17, 15) is 13.2 Å². The minimum absolute atomic E-state index is 0.0917. The van der Waals surface area contributed by atoms with Gasteiger partial charge >= 0.3 is 0 Å². The monoisotopic (exact) mass is 497 g/mol. The largest absolute Gasteiger partial charge is 0.271 e. The molecule has 0 saturated carbocycles. The fourth-order valence-corrected chi connectivity index (χ4v) is 5.06. The normalized spacial score (nSPS) is 11.7. The molecule has 3 aromatic rings. The standard InChI is InChI=1S/C26H28ClN3O3S/c1-18(2)22-9-7-21(8-10-22)16-28-29-26(31)17-30(25-14-11-23(27)15-20(25)4)34(32,33)24-12-5-19(3)6-13-24/h5-16,18H,17H2,1-4H3,(H,29,31)/b28-16-. The molecule has 0 unspecified atom stereocenters. The molecule has 0 aliphatic carbocycles. The van der Waals surface area contributed by atoms with Gasteiger partial charge in [-0.2, -0.15) is 5.10 Å². The van der Waals surface area contributed by atoms with Crippen molar-refractivity contribution in [1.82, 2.24) is 5.43 Å². The van der Waals surface area contributed by atoms with E-state index in [4.69, 9.17) is 11.6 Å². The Balaban J connectivity index is 1.83. The summed E-state index contributed by atoms with van der Waals surface area (Å²) in [6.45, 7) is 7.40. The Bertz CT molecular complexity index is 1290. The van der Waals surface area contributed by atoms with Gasteiger partial charge in [-0.05, 0) is 66.8 Å². The lowest BCUT2D eigenvalue weighted by atomic mass is 10.0. The van der Waals surface area contributed by atoms with Crippen LogP contribution < -0.4 is 9.73 Å². The fourth-order valence-electron chi connectivity index (χ4n) is 3.35. The summed E-state index contributed by atoms with van der Waals surface area (Å²) in [6, 6.07) is 19.2. The Morgan fingerprint density at radius 2 is 1.68 bits per heavy atom. The van der Waals surface area contributed by atoms with Crippen molar-refractivity contribution in [3.05, 3.63) is 94.0 Å². The molecule has 178 valence electrons. The van der Waals surface area contributed by atoms with Gasteiger partial charge in [0.2, 0.25) is 0 Å². The second-order valence-electron chi connectivity index (χ2n) is 8.37. The molecule has 0 heterocycles. The summed E-state index contributed by atoms with van der Waals surface area (Å²) in [5.41, 5.74) is 6.39. The molecule has 6 nitrogen and oxygen atoms in total. The molecule has 0 bridgehead atoms. The minimum Gasteiger partial charge on any atom is -0.271 e. The highest BCUT2D eigenvalue weighted by molar-refractivity contribution is 7.92. The van der Waals surface area contributed by atoms with Crippen molar-refractivity contribution in [2.45, 2.75) is 38.5 Å². The molecule has 34 heavy (non-hydrogen) atoms. The van der Waals surface area contributed by atoms with Crippen LogP contribution in [-0.2, 0) is 14.8 Å². The van der Waals surface area contributed by atoms with E-state index in [1.54, 1.807) is 37.3 Å². The number of anilines is 1. The molecule has 3 rings (SSSR count).